The molecule has 1 saturated heterocycles. The van der Waals surface area contributed by atoms with Crippen molar-refractivity contribution >= 4 is 23.6 Å². The lowest BCUT2D eigenvalue weighted by atomic mass is 10.2. The molecule has 0 bridgehead atoms. The zero-order valence-electron chi connectivity index (χ0n) is 16.1. The summed E-state index contributed by atoms with van der Waals surface area (Å²) >= 11 is 0. The SMILES string of the molecule is COCCNC(=O)c1cccc(NC(=O)N2CCN(c3nncn3C)CC2)c1. The van der Waals surface area contributed by atoms with Crippen LogP contribution in [-0.2, 0) is 11.8 Å². The topological polar surface area (TPSA) is 105 Å². The van der Waals surface area contributed by atoms with Gasteiger partial charge in [0, 0.05) is 58.1 Å². The first-order valence-electron chi connectivity index (χ1n) is 9.10. The quantitative estimate of drug-likeness (QED) is 0.702. The number of anilines is 2. The fraction of sp³-hybridized carbons (Fsp3) is 0.444. The van der Waals surface area contributed by atoms with E-state index in [-0.39, 0.29) is 11.9 Å². The highest BCUT2D eigenvalue weighted by Crippen LogP contribution is 2.15. The van der Waals surface area contributed by atoms with Gasteiger partial charge in [-0.1, -0.05) is 6.07 Å². The number of nitrogens with zero attached hydrogens (tertiary/aromatic N) is 5. The Labute approximate surface area is 163 Å². The van der Waals surface area contributed by atoms with E-state index >= 15 is 0 Å². The number of piperazine rings is 1. The Morgan fingerprint density at radius 3 is 2.68 bits per heavy atom. The number of aryl methyl sites for hydroxylation is 1. The molecule has 0 unspecified atom stereocenters. The van der Waals surface area contributed by atoms with E-state index in [2.05, 4.69) is 25.7 Å². The molecule has 28 heavy (non-hydrogen) atoms. The summed E-state index contributed by atoms with van der Waals surface area (Å²) in [5.74, 6) is 0.595. The number of carbonyl (C=O) groups is 2. The van der Waals surface area contributed by atoms with Crippen molar-refractivity contribution < 1.29 is 14.3 Å². The molecule has 3 rings (SSSR count). The van der Waals surface area contributed by atoms with Crippen molar-refractivity contribution in [2.24, 2.45) is 7.05 Å². The van der Waals surface area contributed by atoms with E-state index in [0.29, 0.717) is 50.6 Å². The van der Waals surface area contributed by atoms with E-state index < -0.39 is 0 Å². The van der Waals surface area contributed by atoms with Gasteiger partial charge >= 0.3 is 6.03 Å². The molecule has 1 aromatic carbocycles. The molecule has 1 aliphatic heterocycles. The number of methoxy groups -OCH3 is 1. The summed E-state index contributed by atoms with van der Waals surface area (Å²) < 4.78 is 6.78. The molecule has 2 aromatic rings. The molecule has 2 heterocycles. The zero-order valence-corrected chi connectivity index (χ0v) is 16.1. The lowest BCUT2D eigenvalue weighted by Gasteiger charge is -2.34. The third kappa shape index (κ3) is 4.77. The summed E-state index contributed by atoms with van der Waals surface area (Å²) in [5, 5.41) is 13.6. The highest BCUT2D eigenvalue weighted by Gasteiger charge is 2.23. The minimum absolute atomic E-state index is 0.186. The van der Waals surface area contributed by atoms with Gasteiger partial charge in [0.1, 0.15) is 6.33 Å². The molecule has 1 fully saturated rings. The first-order chi connectivity index (χ1) is 13.6. The molecule has 1 aliphatic rings. The van der Waals surface area contributed by atoms with Crippen LogP contribution < -0.4 is 15.5 Å². The largest absolute Gasteiger partial charge is 0.383 e. The van der Waals surface area contributed by atoms with Gasteiger partial charge in [-0.2, -0.15) is 0 Å². The monoisotopic (exact) mass is 387 g/mol. The molecule has 0 atom stereocenters. The van der Waals surface area contributed by atoms with Crippen LogP contribution in [0.3, 0.4) is 0 Å². The number of hydrogen-bond donors (Lipinski definition) is 2. The average Bonchev–Trinajstić information content (AvgIpc) is 3.14. The maximum absolute atomic E-state index is 12.6. The van der Waals surface area contributed by atoms with Gasteiger partial charge in [0.25, 0.3) is 5.91 Å². The Hall–Kier alpha value is -3.14. The van der Waals surface area contributed by atoms with Crippen LogP contribution in [0.25, 0.3) is 0 Å². The highest BCUT2D eigenvalue weighted by atomic mass is 16.5. The van der Waals surface area contributed by atoms with Gasteiger partial charge in [-0.3, -0.25) is 4.79 Å². The Bertz CT molecular complexity index is 815. The van der Waals surface area contributed by atoms with Crippen LogP contribution in [0, 0.1) is 0 Å². The number of nitrogens with one attached hydrogen (secondary N) is 2. The number of hydrogen-bond acceptors (Lipinski definition) is 6. The van der Waals surface area contributed by atoms with Crippen molar-refractivity contribution in [2.75, 3.05) is 56.7 Å². The third-order valence-corrected chi connectivity index (χ3v) is 4.50. The van der Waals surface area contributed by atoms with Crippen LogP contribution in [0.15, 0.2) is 30.6 Å². The normalized spacial score (nSPS) is 14.1. The smallest absolute Gasteiger partial charge is 0.321 e. The van der Waals surface area contributed by atoms with E-state index in [0.717, 1.165) is 5.95 Å². The van der Waals surface area contributed by atoms with Gasteiger partial charge in [-0.15, -0.1) is 10.2 Å². The minimum atomic E-state index is -0.203. The molecule has 2 N–H and O–H groups in total. The summed E-state index contributed by atoms with van der Waals surface area (Å²) in [6.45, 7) is 3.40. The molecule has 150 valence electrons. The number of benzene rings is 1. The molecule has 3 amide bonds. The molecule has 1 aromatic heterocycles. The molecule has 10 nitrogen and oxygen atoms in total. The van der Waals surface area contributed by atoms with E-state index in [1.54, 1.807) is 42.6 Å². The van der Waals surface area contributed by atoms with Crippen molar-refractivity contribution in [1.82, 2.24) is 25.0 Å². The number of amides is 3. The van der Waals surface area contributed by atoms with E-state index in [1.165, 1.54) is 0 Å². The highest BCUT2D eigenvalue weighted by molar-refractivity contribution is 5.96. The lowest BCUT2D eigenvalue weighted by molar-refractivity contribution is 0.0937. The first-order valence-corrected chi connectivity index (χ1v) is 9.10. The Balaban J connectivity index is 1.53. The van der Waals surface area contributed by atoms with Crippen molar-refractivity contribution in [3.05, 3.63) is 36.2 Å². The molecule has 0 radical (unpaired) electrons. The Morgan fingerprint density at radius 1 is 1.21 bits per heavy atom. The fourth-order valence-corrected chi connectivity index (χ4v) is 2.98. The number of aromatic nitrogens is 3. The summed E-state index contributed by atoms with van der Waals surface area (Å²) in [6, 6.07) is 6.69. The second-order valence-corrected chi connectivity index (χ2v) is 6.48. The van der Waals surface area contributed by atoms with Crippen molar-refractivity contribution in [1.29, 1.82) is 0 Å². The van der Waals surface area contributed by atoms with E-state index in [9.17, 15) is 9.59 Å². The Kier molecular flexibility index (Phi) is 6.43. The number of ether oxygens (including phenoxy) is 1. The second-order valence-electron chi connectivity index (χ2n) is 6.48. The maximum atomic E-state index is 12.6. The molecular weight excluding hydrogens is 362 g/mol. The fourth-order valence-electron chi connectivity index (χ4n) is 2.98. The summed E-state index contributed by atoms with van der Waals surface area (Å²) in [7, 11) is 3.47. The first kappa shape index (κ1) is 19.6. The van der Waals surface area contributed by atoms with Crippen LogP contribution in [-0.4, -0.2) is 78.0 Å². The molecule has 0 aliphatic carbocycles. The zero-order chi connectivity index (χ0) is 19.9. The number of urea groups is 1. The summed E-state index contributed by atoms with van der Waals surface area (Å²) in [4.78, 5) is 28.5. The lowest BCUT2D eigenvalue weighted by Crippen LogP contribution is -2.50. The number of carbonyl (C=O) groups excluding carboxylic acids is 2. The minimum Gasteiger partial charge on any atom is -0.383 e. The third-order valence-electron chi connectivity index (χ3n) is 4.50. The van der Waals surface area contributed by atoms with Gasteiger partial charge in [-0.25, -0.2) is 4.79 Å². The van der Waals surface area contributed by atoms with Crippen LogP contribution in [0.2, 0.25) is 0 Å². The van der Waals surface area contributed by atoms with Gasteiger partial charge in [-0.05, 0) is 18.2 Å². The van der Waals surface area contributed by atoms with Gasteiger partial charge in [0.2, 0.25) is 5.95 Å². The summed E-state index contributed by atoms with van der Waals surface area (Å²) in [5.41, 5.74) is 1.07. The molecule has 0 saturated carbocycles. The van der Waals surface area contributed by atoms with E-state index in [4.69, 9.17) is 4.74 Å². The van der Waals surface area contributed by atoms with Crippen molar-refractivity contribution in [3.63, 3.8) is 0 Å². The average molecular weight is 387 g/mol. The standard InChI is InChI=1S/C18H25N7O3/c1-23-13-20-22-17(23)24-7-9-25(10-8-24)18(27)21-15-5-3-4-14(12-15)16(26)19-6-11-28-2/h3-5,12-13H,6-11H2,1-2H3,(H,19,26)(H,21,27). The van der Waals surface area contributed by atoms with Crippen LogP contribution in [0.1, 0.15) is 10.4 Å². The predicted molar refractivity (Wildman–Crippen MR) is 104 cm³/mol. The van der Waals surface area contributed by atoms with Gasteiger partial charge < -0.3 is 29.7 Å². The molecular formula is C18H25N7O3. The summed E-state index contributed by atoms with van der Waals surface area (Å²) in [6.07, 6.45) is 1.66. The number of rotatable bonds is 6. The Morgan fingerprint density at radius 2 is 2.00 bits per heavy atom. The maximum Gasteiger partial charge on any atom is 0.321 e. The molecule has 0 spiro atoms. The van der Waals surface area contributed by atoms with E-state index in [1.807, 2.05) is 11.6 Å². The second kappa shape index (κ2) is 9.18. The predicted octanol–water partition coefficient (Wildman–Crippen LogP) is 0.545. The molecule has 10 heteroatoms. The van der Waals surface area contributed by atoms with Crippen molar-refractivity contribution in [3.8, 4) is 0 Å². The van der Waals surface area contributed by atoms with Crippen LogP contribution >= 0.6 is 0 Å². The van der Waals surface area contributed by atoms with Crippen molar-refractivity contribution in [2.45, 2.75) is 0 Å². The van der Waals surface area contributed by atoms with Gasteiger partial charge in [0.05, 0.1) is 6.61 Å². The van der Waals surface area contributed by atoms with Crippen LogP contribution in [0.4, 0.5) is 16.4 Å². The van der Waals surface area contributed by atoms with Crippen LogP contribution in [0.5, 0.6) is 0 Å². The van der Waals surface area contributed by atoms with Gasteiger partial charge in [0.15, 0.2) is 0 Å².